The molecule has 0 amide bonds. The number of aliphatic hydroxyl groups excluding tert-OH is 1. The van der Waals surface area contributed by atoms with Gasteiger partial charge in [0.2, 0.25) is 0 Å². The van der Waals surface area contributed by atoms with E-state index in [9.17, 15) is 5.11 Å². The third-order valence-corrected chi connectivity index (χ3v) is 5.13. The molecule has 0 atom stereocenters. The fourth-order valence-electron chi connectivity index (χ4n) is 2.05. The number of ether oxygens (including phenoxy) is 2. The van der Waals surface area contributed by atoms with Crippen molar-refractivity contribution in [3.05, 3.63) is 29.3 Å². The van der Waals surface area contributed by atoms with Crippen molar-refractivity contribution in [3.8, 4) is 5.75 Å². The molecule has 20 heavy (non-hydrogen) atoms. The number of aliphatic hydroxyl groups is 1. The van der Waals surface area contributed by atoms with Crippen LogP contribution in [0.25, 0.3) is 0 Å². The van der Waals surface area contributed by atoms with E-state index in [0.717, 1.165) is 30.3 Å². The molecule has 0 aromatic heterocycles. The Hall–Kier alpha value is -0.710. The molecule has 1 heterocycles. The first-order valence-corrected chi connectivity index (χ1v) is 8.27. The Kier molecular flexibility index (Phi) is 5.75. The van der Waals surface area contributed by atoms with Gasteiger partial charge in [-0.2, -0.15) is 11.8 Å². The van der Waals surface area contributed by atoms with Crippen molar-refractivity contribution in [1.29, 1.82) is 0 Å². The molecule has 1 aliphatic rings. The second-order valence-electron chi connectivity index (χ2n) is 5.65. The Bertz CT molecular complexity index is 424. The molecular formula is C16H24O3S. The zero-order valence-electron chi connectivity index (χ0n) is 12.4. The van der Waals surface area contributed by atoms with Gasteiger partial charge < -0.3 is 14.6 Å². The van der Waals surface area contributed by atoms with Crippen LogP contribution in [0.5, 0.6) is 5.75 Å². The van der Waals surface area contributed by atoms with E-state index in [1.165, 1.54) is 11.1 Å². The van der Waals surface area contributed by atoms with Crippen LogP contribution in [0.3, 0.4) is 0 Å². The van der Waals surface area contributed by atoms with E-state index in [0.29, 0.717) is 13.2 Å². The second-order valence-corrected chi connectivity index (χ2v) is 6.76. The number of aryl methyl sites for hydroxylation is 2. The highest BCUT2D eigenvalue weighted by Crippen LogP contribution is 2.31. The molecule has 1 saturated heterocycles. The van der Waals surface area contributed by atoms with Crippen molar-refractivity contribution in [2.45, 2.75) is 20.3 Å². The zero-order valence-corrected chi connectivity index (χ0v) is 13.2. The van der Waals surface area contributed by atoms with E-state index in [2.05, 4.69) is 26.0 Å². The van der Waals surface area contributed by atoms with E-state index in [1.54, 1.807) is 0 Å². The first-order valence-electron chi connectivity index (χ1n) is 7.12. The molecule has 1 aliphatic heterocycles. The summed E-state index contributed by atoms with van der Waals surface area (Å²) in [6.45, 7) is 6.60. The highest BCUT2D eigenvalue weighted by atomic mass is 32.2. The van der Waals surface area contributed by atoms with Crippen LogP contribution in [0.15, 0.2) is 18.2 Å². The lowest BCUT2D eigenvalue weighted by molar-refractivity contribution is -0.121. The van der Waals surface area contributed by atoms with Gasteiger partial charge in [-0.1, -0.05) is 6.07 Å². The monoisotopic (exact) mass is 296 g/mol. The molecule has 4 heteroatoms. The predicted octanol–water partition coefficient (Wildman–Crippen LogP) is 2.81. The zero-order chi connectivity index (χ0) is 14.4. The van der Waals surface area contributed by atoms with Gasteiger partial charge in [-0.3, -0.25) is 0 Å². The second kappa shape index (κ2) is 7.34. The van der Waals surface area contributed by atoms with Crippen molar-refractivity contribution in [1.82, 2.24) is 0 Å². The quantitative estimate of drug-likeness (QED) is 0.749. The van der Waals surface area contributed by atoms with Gasteiger partial charge in [0.15, 0.2) is 0 Å². The van der Waals surface area contributed by atoms with Crippen LogP contribution in [-0.2, 0) is 4.74 Å². The Morgan fingerprint density at radius 2 is 2.10 bits per heavy atom. The summed E-state index contributed by atoms with van der Waals surface area (Å²) in [6.07, 6.45) is 1.03. The van der Waals surface area contributed by atoms with E-state index < -0.39 is 0 Å². The van der Waals surface area contributed by atoms with Gasteiger partial charge in [-0.05, 0) is 49.3 Å². The molecule has 0 spiro atoms. The molecule has 0 bridgehead atoms. The summed E-state index contributed by atoms with van der Waals surface area (Å²) in [6, 6.07) is 6.22. The van der Waals surface area contributed by atoms with Gasteiger partial charge in [-0.15, -0.1) is 0 Å². The topological polar surface area (TPSA) is 38.7 Å². The first kappa shape index (κ1) is 15.7. The summed E-state index contributed by atoms with van der Waals surface area (Å²) in [5, 5.41) is 9.32. The van der Waals surface area contributed by atoms with E-state index in [-0.39, 0.29) is 12.0 Å². The average Bonchev–Trinajstić information content (AvgIpc) is 2.40. The average molecular weight is 296 g/mol. The lowest BCUT2D eigenvalue weighted by atomic mass is 9.90. The number of hydrogen-bond donors (Lipinski definition) is 1. The molecule has 0 radical (unpaired) electrons. The summed E-state index contributed by atoms with van der Waals surface area (Å²) >= 11 is 1.88. The highest BCUT2D eigenvalue weighted by Gasteiger charge is 2.37. The van der Waals surface area contributed by atoms with Gasteiger partial charge in [0, 0.05) is 11.2 Å². The lowest BCUT2D eigenvalue weighted by Crippen LogP contribution is -2.47. The Morgan fingerprint density at radius 1 is 1.30 bits per heavy atom. The van der Waals surface area contributed by atoms with Crippen LogP contribution >= 0.6 is 11.8 Å². The molecule has 0 unspecified atom stereocenters. The normalized spacial score (nSPS) is 16.8. The van der Waals surface area contributed by atoms with Crippen molar-refractivity contribution < 1.29 is 14.6 Å². The largest absolute Gasteiger partial charge is 0.494 e. The Balaban J connectivity index is 1.58. The maximum absolute atomic E-state index is 9.32. The van der Waals surface area contributed by atoms with Crippen LogP contribution in [0, 0.1) is 19.3 Å². The third kappa shape index (κ3) is 4.14. The fourth-order valence-corrected chi connectivity index (χ4v) is 3.21. The molecule has 0 saturated carbocycles. The van der Waals surface area contributed by atoms with Crippen LogP contribution in [0.4, 0.5) is 0 Å². The van der Waals surface area contributed by atoms with Crippen molar-refractivity contribution in [2.75, 3.05) is 37.9 Å². The van der Waals surface area contributed by atoms with Crippen LogP contribution in [0.1, 0.15) is 17.5 Å². The summed E-state index contributed by atoms with van der Waals surface area (Å²) in [7, 11) is 0. The summed E-state index contributed by atoms with van der Waals surface area (Å²) < 4.78 is 10.9. The molecule has 3 nitrogen and oxygen atoms in total. The number of rotatable bonds is 8. The van der Waals surface area contributed by atoms with Crippen LogP contribution < -0.4 is 4.74 Å². The fraction of sp³-hybridized carbons (Fsp3) is 0.625. The van der Waals surface area contributed by atoms with Gasteiger partial charge in [-0.25, -0.2) is 0 Å². The summed E-state index contributed by atoms with van der Waals surface area (Å²) in [5.74, 6) is 3.00. The molecule has 112 valence electrons. The molecule has 1 aromatic rings. The van der Waals surface area contributed by atoms with Crippen molar-refractivity contribution in [2.24, 2.45) is 5.41 Å². The minimum atomic E-state index is 0.0274. The SMILES string of the molecule is Cc1ccc(OCCCSCC2(CO)COC2)cc1C. The smallest absolute Gasteiger partial charge is 0.119 e. The Labute approximate surface area is 125 Å². The van der Waals surface area contributed by atoms with Gasteiger partial charge >= 0.3 is 0 Å². The third-order valence-electron chi connectivity index (χ3n) is 3.74. The van der Waals surface area contributed by atoms with Gasteiger partial charge in [0.25, 0.3) is 0 Å². The lowest BCUT2D eigenvalue weighted by Gasteiger charge is -2.39. The van der Waals surface area contributed by atoms with Gasteiger partial charge in [0.05, 0.1) is 26.4 Å². The maximum Gasteiger partial charge on any atom is 0.119 e. The van der Waals surface area contributed by atoms with Crippen molar-refractivity contribution >= 4 is 11.8 Å². The molecule has 1 aromatic carbocycles. The molecule has 1 fully saturated rings. The van der Waals surface area contributed by atoms with E-state index in [1.807, 2.05) is 17.8 Å². The molecular weight excluding hydrogens is 272 g/mol. The number of hydrogen-bond acceptors (Lipinski definition) is 4. The number of thioether (sulfide) groups is 1. The molecule has 2 rings (SSSR count). The molecule has 1 N–H and O–H groups in total. The Morgan fingerprint density at radius 3 is 2.70 bits per heavy atom. The minimum Gasteiger partial charge on any atom is -0.494 e. The van der Waals surface area contributed by atoms with Crippen LogP contribution in [0.2, 0.25) is 0 Å². The van der Waals surface area contributed by atoms with Gasteiger partial charge in [0.1, 0.15) is 5.75 Å². The van der Waals surface area contributed by atoms with E-state index in [4.69, 9.17) is 9.47 Å². The maximum atomic E-state index is 9.32. The summed E-state index contributed by atoms with van der Waals surface area (Å²) in [5.41, 5.74) is 2.59. The highest BCUT2D eigenvalue weighted by molar-refractivity contribution is 7.99. The minimum absolute atomic E-state index is 0.0274. The van der Waals surface area contributed by atoms with E-state index >= 15 is 0 Å². The summed E-state index contributed by atoms with van der Waals surface area (Å²) in [4.78, 5) is 0. The predicted molar refractivity (Wildman–Crippen MR) is 83.7 cm³/mol. The molecule has 0 aliphatic carbocycles. The number of benzene rings is 1. The van der Waals surface area contributed by atoms with Crippen LogP contribution in [-0.4, -0.2) is 43.0 Å². The van der Waals surface area contributed by atoms with Crippen molar-refractivity contribution in [3.63, 3.8) is 0 Å². The first-order chi connectivity index (χ1) is 9.65. The standard InChI is InChI=1S/C16H24O3S/c1-13-4-5-15(8-14(13)2)19-6-3-7-20-12-16(9-17)10-18-11-16/h4-5,8,17H,3,6-7,9-12H2,1-2H3.